The molecule has 0 amide bonds. The monoisotopic (exact) mass is 238 g/mol. The quantitative estimate of drug-likeness (QED) is 0.764. The predicted molar refractivity (Wildman–Crippen MR) is 67.0 cm³/mol. The molecule has 1 aromatic heterocycles. The zero-order chi connectivity index (χ0) is 12.1. The number of nitrogens with zero attached hydrogens (tertiary/aromatic N) is 1. The van der Waals surface area contributed by atoms with Gasteiger partial charge in [-0.25, -0.2) is 0 Å². The number of ether oxygens (including phenoxy) is 2. The molecule has 2 N–H and O–H groups in total. The van der Waals surface area contributed by atoms with Crippen LogP contribution in [-0.2, 0) is 22.4 Å². The molecular formula is C13H22N2O2. The molecule has 96 valence electrons. The van der Waals surface area contributed by atoms with Gasteiger partial charge in [-0.15, -0.1) is 0 Å². The van der Waals surface area contributed by atoms with Crippen molar-refractivity contribution in [1.82, 2.24) is 4.57 Å². The van der Waals surface area contributed by atoms with Gasteiger partial charge in [0.1, 0.15) is 0 Å². The average molecular weight is 238 g/mol. The van der Waals surface area contributed by atoms with E-state index >= 15 is 0 Å². The minimum absolute atomic E-state index is 0.231. The lowest BCUT2D eigenvalue weighted by Crippen LogP contribution is -2.15. The van der Waals surface area contributed by atoms with E-state index in [4.69, 9.17) is 15.2 Å². The Morgan fingerprint density at radius 1 is 1.35 bits per heavy atom. The van der Waals surface area contributed by atoms with E-state index in [9.17, 15) is 0 Å². The molecule has 0 aromatic carbocycles. The third kappa shape index (κ3) is 3.31. The SMILES string of the molecule is COCCOCCn1cc2c(c1)C(N)CCC2. The summed E-state index contributed by atoms with van der Waals surface area (Å²) in [4.78, 5) is 0. The molecule has 4 heteroatoms. The van der Waals surface area contributed by atoms with Gasteiger partial charge in [0.2, 0.25) is 0 Å². The van der Waals surface area contributed by atoms with Gasteiger partial charge < -0.3 is 19.8 Å². The Morgan fingerprint density at radius 3 is 3.00 bits per heavy atom. The molecule has 1 heterocycles. The molecular weight excluding hydrogens is 216 g/mol. The van der Waals surface area contributed by atoms with E-state index in [1.165, 1.54) is 24.0 Å². The summed E-state index contributed by atoms with van der Waals surface area (Å²) in [5.41, 5.74) is 8.84. The van der Waals surface area contributed by atoms with Crippen molar-refractivity contribution in [3.8, 4) is 0 Å². The van der Waals surface area contributed by atoms with Crippen LogP contribution in [0, 0.1) is 0 Å². The molecule has 1 aliphatic rings. The van der Waals surface area contributed by atoms with E-state index < -0.39 is 0 Å². The Kier molecular flexibility index (Phi) is 4.59. The maximum atomic E-state index is 6.09. The van der Waals surface area contributed by atoms with E-state index in [1.54, 1.807) is 7.11 Å². The number of methoxy groups -OCH3 is 1. The molecule has 0 saturated carbocycles. The van der Waals surface area contributed by atoms with Crippen molar-refractivity contribution >= 4 is 0 Å². The molecule has 1 aromatic rings. The first-order valence-corrected chi connectivity index (χ1v) is 6.32. The second-order valence-corrected chi connectivity index (χ2v) is 4.58. The van der Waals surface area contributed by atoms with Crippen LogP contribution >= 0.6 is 0 Å². The molecule has 17 heavy (non-hydrogen) atoms. The van der Waals surface area contributed by atoms with Crippen LogP contribution in [0.15, 0.2) is 12.4 Å². The van der Waals surface area contributed by atoms with Gasteiger partial charge in [0.25, 0.3) is 0 Å². The first-order valence-electron chi connectivity index (χ1n) is 6.32. The number of nitrogens with two attached hydrogens (primary N) is 1. The van der Waals surface area contributed by atoms with Gasteiger partial charge >= 0.3 is 0 Å². The second-order valence-electron chi connectivity index (χ2n) is 4.58. The van der Waals surface area contributed by atoms with Gasteiger partial charge in [-0.1, -0.05) is 0 Å². The highest BCUT2D eigenvalue weighted by Gasteiger charge is 2.18. The Bertz CT molecular complexity index is 349. The number of aryl methyl sites for hydroxylation is 1. The number of hydrogen-bond acceptors (Lipinski definition) is 3. The zero-order valence-corrected chi connectivity index (χ0v) is 10.5. The van der Waals surface area contributed by atoms with E-state index in [-0.39, 0.29) is 6.04 Å². The van der Waals surface area contributed by atoms with E-state index in [1.807, 2.05) is 0 Å². The minimum Gasteiger partial charge on any atom is -0.382 e. The maximum Gasteiger partial charge on any atom is 0.0701 e. The molecule has 2 rings (SSSR count). The van der Waals surface area contributed by atoms with Crippen LogP contribution in [-0.4, -0.2) is 31.5 Å². The summed E-state index contributed by atoms with van der Waals surface area (Å²) in [5.74, 6) is 0. The fourth-order valence-electron chi connectivity index (χ4n) is 2.33. The van der Waals surface area contributed by atoms with Crippen LogP contribution in [0.1, 0.15) is 30.0 Å². The Balaban J connectivity index is 1.81. The molecule has 1 aliphatic carbocycles. The van der Waals surface area contributed by atoms with Crippen molar-refractivity contribution in [1.29, 1.82) is 0 Å². The molecule has 0 radical (unpaired) electrons. The molecule has 0 spiro atoms. The molecule has 4 nitrogen and oxygen atoms in total. The summed E-state index contributed by atoms with van der Waals surface area (Å²) in [6.45, 7) is 2.94. The number of fused-ring (bicyclic) bond motifs is 1. The van der Waals surface area contributed by atoms with Crippen LogP contribution in [0.3, 0.4) is 0 Å². The van der Waals surface area contributed by atoms with Crippen LogP contribution in [0.4, 0.5) is 0 Å². The summed E-state index contributed by atoms with van der Waals surface area (Å²) >= 11 is 0. The zero-order valence-electron chi connectivity index (χ0n) is 10.5. The van der Waals surface area contributed by atoms with Crippen molar-refractivity contribution in [2.75, 3.05) is 26.9 Å². The highest BCUT2D eigenvalue weighted by atomic mass is 16.5. The molecule has 0 aliphatic heterocycles. The number of hydrogen-bond donors (Lipinski definition) is 1. The predicted octanol–water partition coefficient (Wildman–Crippen LogP) is 1.49. The average Bonchev–Trinajstić information content (AvgIpc) is 2.73. The smallest absolute Gasteiger partial charge is 0.0701 e. The third-order valence-corrected chi connectivity index (χ3v) is 3.28. The lowest BCUT2D eigenvalue weighted by atomic mass is 9.92. The Labute approximate surface area is 103 Å². The first-order chi connectivity index (χ1) is 8.31. The Morgan fingerprint density at radius 2 is 2.24 bits per heavy atom. The van der Waals surface area contributed by atoms with Gasteiger partial charge in [0, 0.05) is 32.1 Å². The van der Waals surface area contributed by atoms with Crippen molar-refractivity contribution in [3.63, 3.8) is 0 Å². The largest absolute Gasteiger partial charge is 0.382 e. The summed E-state index contributed by atoms with van der Waals surface area (Å²) < 4.78 is 12.6. The van der Waals surface area contributed by atoms with Crippen LogP contribution < -0.4 is 5.73 Å². The fourth-order valence-corrected chi connectivity index (χ4v) is 2.33. The van der Waals surface area contributed by atoms with Crippen molar-refractivity contribution in [2.45, 2.75) is 31.8 Å². The van der Waals surface area contributed by atoms with Gasteiger partial charge in [-0.05, 0) is 30.4 Å². The van der Waals surface area contributed by atoms with Gasteiger partial charge in [0.15, 0.2) is 0 Å². The van der Waals surface area contributed by atoms with Gasteiger partial charge in [-0.2, -0.15) is 0 Å². The molecule has 0 bridgehead atoms. The summed E-state index contributed by atoms with van der Waals surface area (Å²) in [7, 11) is 1.69. The standard InChI is InChI=1S/C13H22N2O2/c1-16-7-8-17-6-5-15-9-11-3-2-4-13(14)12(11)10-15/h9-10,13H,2-8,14H2,1H3. The maximum absolute atomic E-state index is 6.09. The summed E-state index contributed by atoms with van der Waals surface area (Å²) in [6, 6.07) is 0.231. The van der Waals surface area contributed by atoms with E-state index in [0.717, 1.165) is 19.6 Å². The molecule has 0 saturated heterocycles. The van der Waals surface area contributed by atoms with Crippen molar-refractivity contribution < 1.29 is 9.47 Å². The van der Waals surface area contributed by atoms with E-state index in [2.05, 4.69) is 17.0 Å². The van der Waals surface area contributed by atoms with Gasteiger partial charge in [-0.3, -0.25) is 0 Å². The molecule has 1 unspecified atom stereocenters. The molecule has 1 atom stereocenters. The Hall–Kier alpha value is -0.840. The first kappa shape index (κ1) is 12.6. The topological polar surface area (TPSA) is 49.4 Å². The highest BCUT2D eigenvalue weighted by molar-refractivity contribution is 5.29. The minimum atomic E-state index is 0.231. The van der Waals surface area contributed by atoms with Crippen LogP contribution in [0.2, 0.25) is 0 Å². The van der Waals surface area contributed by atoms with Crippen molar-refractivity contribution in [3.05, 3.63) is 23.5 Å². The fraction of sp³-hybridized carbons (Fsp3) is 0.692. The third-order valence-electron chi connectivity index (χ3n) is 3.28. The molecule has 0 fully saturated rings. The number of rotatable bonds is 6. The van der Waals surface area contributed by atoms with Gasteiger partial charge in [0.05, 0.1) is 19.8 Å². The number of aromatic nitrogens is 1. The van der Waals surface area contributed by atoms with Crippen LogP contribution in [0.5, 0.6) is 0 Å². The van der Waals surface area contributed by atoms with Crippen molar-refractivity contribution in [2.24, 2.45) is 5.73 Å². The lowest BCUT2D eigenvalue weighted by Gasteiger charge is -2.17. The lowest BCUT2D eigenvalue weighted by molar-refractivity contribution is 0.0666. The summed E-state index contributed by atoms with van der Waals surface area (Å²) in [5, 5.41) is 0. The highest BCUT2D eigenvalue weighted by Crippen LogP contribution is 2.28. The van der Waals surface area contributed by atoms with E-state index in [0.29, 0.717) is 13.2 Å². The van der Waals surface area contributed by atoms with Crippen LogP contribution in [0.25, 0.3) is 0 Å². The normalized spacial score (nSPS) is 19.3. The summed E-state index contributed by atoms with van der Waals surface area (Å²) in [6.07, 6.45) is 7.89. The second kappa shape index (κ2) is 6.19.